The third-order valence-electron chi connectivity index (χ3n) is 2.35. The Kier molecular flexibility index (Phi) is 4.01. The second-order valence-corrected chi connectivity index (χ2v) is 3.80. The molecule has 0 aliphatic rings. The average Bonchev–Trinajstić information content (AvgIpc) is 2.90. The summed E-state index contributed by atoms with van der Waals surface area (Å²) < 4.78 is 39.4. The summed E-state index contributed by atoms with van der Waals surface area (Å²) >= 11 is 0. The summed E-state index contributed by atoms with van der Waals surface area (Å²) in [7, 11) is 1.49. The van der Waals surface area contributed by atoms with Crippen LogP contribution < -0.4 is 10.6 Å². The zero-order valence-electron chi connectivity index (χ0n) is 10.5. The Labute approximate surface area is 112 Å². The van der Waals surface area contributed by atoms with Gasteiger partial charge in [-0.3, -0.25) is 4.68 Å². The fourth-order valence-electron chi connectivity index (χ4n) is 1.44. The number of rotatable bonds is 5. The first-order valence-electron chi connectivity index (χ1n) is 5.71. The summed E-state index contributed by atoms with van der Waals surface area (Å²) in [5.41, 5.74) is 0. The highest BCUT2D eigenvalue weighted by atomic mass is 19.4. The molecule has 20 heavy (non-hydrogen) atoms. The van der Waals surface area contributed by atoms with E-state index in [1.54, 1.807) is 10.9 Å². The Hall–Kier alpha value is -2.39. The number of aromatic nitrogens is 5. The van der Waals surface area contributed by atoms with E-state index in [9.17, 15) is 13.2 Å². The molecule has 2 aromatic heterocycles. The van der Waals surface area contributed by atoms with Gasteiger partial charge in [-0.1, -0.05) is 5.21 Å². The van der Waals surface area contributed by atoms with Gasteiger partial charge in [-0.2, -0.15) is 13.2 Å². The van der Waals surface area contributed by atoms with Crippen molar-refractivity contribution < 1.29 is 13.2 Å². The maximum Gasteiger partial charge on any atom is 0.451 e. The first-order chi connectivity index (χ1) is 9.49. The normalized spacial score (nSPS) is 11.4. The summed E-state index contributed by atoms with van der Waals surface area (Å²) in [6.45, 7) is 0.821. The number of alkyl halides is 3. The van der Waals surface area contributed by atoms with Crippen molar-refractivity contribution in [3.05, 3.63) is 24.3 Å². The van der Waals surface area contributed by atoms with Crippen LogP contribution in [0, 0.1) is 0 Å². The monoisotopic (exact) mass is 287 g/mol. The van der Waals surface area contributed by atoms with Crippen LogP contribution in [0.3, 0.4) is 0 Å². The number of anilines is 2. The molecule has 0 atom stereocenters. The van der Waals surface area contributed by atoms with Crippen LogP contribution in [-0.4, -0.2) is 38.6 Å². The number of halogens is 3. The lowest BCUT2D eigenvalue weighted by Gasteiger charge is -2.11. The van der Waals surface area contributed by atoms with Crippen LogP contribution in [0.2, 0.25) is 0 Å². The maximum absolute atomic E-state index is 12.6. The molecule has 0 unspecified atom stereocenters. The molecule has 10 heteroatoms. The minimum atomic E-state index is -4.59. The maximum atomic E-state index is 12.6. The SMILES string of the molecule is CNc1cc(NCCn2ccnn2)nc(C(F)(F)F)n1. The van der Waals surface area contributed by atoms with Crippen molar-refractivity contribution in [3.8, 4) is 0 Å². The van der Waals surface area contributed by atoms with E-state index in [0.717, 1.165) is 0 Å². The molecule has 7 nitrogen and oxygen atoms in total. The van der Waals surface area contributed by atoms with Gasteiger partial charge < -0.3 is 10.6 Å². The van der Waals surface area contributed by atoms with Gasteiger partial charge in [-0.05, 0) is 0 Å². The Balaban J connectivity index is 2.06. The van der Waals surface area contributed by atoms with Gasteiger partial charge in [-0.25, -0.2) is 9.97 Å². The van der Waals surface area contributed by atoms with E-state index >= 15 is 0 Å². The van der Waals surface area contributed by atoms with Crippen LogP contribution >= 0.6 is 0 Å². The van der Waals surface area contributed by atoms with E-state index in [4.69, 9.17) is 0 Å². The van der Waals surface area contributed by atoms with Gasteiger partial charge in [-0.15, -0.1) is 5.10 Å². The standard InChI is InChI=1S/C10H12F3N7/c1-14-7-6-8(18-9(17-7)10(11,12)13)15-2-4-20-5-3-16-19-20/h3,5-6H,2,4H2,1H3,(H2,14,15,17,18). The third kappa shape index (κ3) is 3.56. The van der Waals surface area contributed by atoms with Crippen LogP contribution in [0.5, 0.6) is 0 Å². The second-order valence-electron chi connectivity index (χ2n) is 3.80. The Morgan fingerprint density at radius 3 is 2.60 bits per heavy atom. The van der Waals surface area contributed by atoms with Crippen molar-refractivity contribution in [2.45, 2.75) is 12.7 Å². The summed E-state index contributed by atoms with van der Waals surface area (Å²) in [6.07, 6.45) is -1.41. The van der Waals surface area contributed by atoms with E-state index in [1.165, 1.54) is 19.3 Å². The predicted octanol–water partition coefficient (Wildman–Crippen LogP) is 1.24. The van der Waals surface area contributed by atoms with E-state index in [1.807, 2.05) is 0 Å². The molecule has 0 spiro atoms. The number of nitrogens with zero attached hydrogens (tertiary/aromatic N) is 5. The van der Waals surface area contributed by atoms with Crippen molar-refractivity contribution in [1.29, 1.82) is 0 Å². The molecule has 0 aromatic carbocycles. The highest BCUT2D eigenvalue weighted by molar-refractivity contribution is 5.47. The highest BCUT2D eigenvalue weighted by Crippen LogP contribution is 2.28. The molecule has 2 rings (SSSR count). The summed E-state index contributed by atoms with van der Waals surface area (Å²) in [5, 5.41) is 12.7. The molecule has 0 aliphatic carbocycles. The van der Waals surface area contributed by atoms with E-state index in [-0.39, 0.29) is 11.6 Å². The van der Waals surface area contributed by atoms with E-state index in [0.29, 0.717) is 13.1 Å². The predicted molar refractivity (Wildman–Crippen MR) is 65.1 cm³/mol. The zero-order valence-corrected chi connectivity index (χ0v) is 10.5. The van der Waals surface area contributed by atoms with E-state index in [2.05, 4.69) is 30.9 Å². The van der Waals surface area contributed by atoms with Gasteiger partial charge in [0.25, 0.3) is 0 Å². The quantitative estimate of drug-likeness (QED) is 0.861. The molecular formula is C10H12F3N7. The molecule has 0 aliphatic heterocycles. The fourth-order valence-corrected chi connectivity index (χ4v) is 1.44. The first kappa shape index (κ1) is 14.0. The smallest absolute Gasteiger partial charge is 0.373 e. The lowest BCUT2D eigenvalue weighted by atomic mass is 10.4. The summed E-state index contributed by atoms with van der Waals surface area (Å²) in [5.74, 6) is -1.00. The van der Waals surface area contributed by atoms with Crippen molar-refractivity contribution in [2.24, 2.45) is 0 Å². The van der Waals surface area contributed by atoms with E-state index < -0.39 is 12.0 Å². The Bertz CT molecular complexity index is 552. The van der Waals surface area contributed by atoms with Crippen molar-refractivity contribution >= 4 is 11.6 Å². The van der Waals surface area contributed by atoms with Crippen LogP contribution in [0.4, 0.5) is 24.8 Å². The van der Waals surface area contributed by atoms with Crippen LogP contribution in [0.15, 0.2) is 18.5 Å². The highest BCUT2D eigenvalue weighted by Gasteiger charge is 2.35. The van der Waals surface area contributed by atoms with Gasteiger partial charge in [0.15, 0.2) is 0 Å². The number of hydrogen-bond donors (Lipinski definition) is 2. The average molecular weight is 287 g/mol. The van der Waals surface area contributed by atoms with Gasteiger partial charge in [0.1, 0.15) is 11.6 Å². The van der Waals surface area contributed by atoms with Crippen LogP contribution in [0.25, 0.3) is 0 Å². The van der Waals surface area contributed by atoms with Gasteiger partial charge in [0.05, 0.1) is 12.7 Å². The van der Waals surface area contributed by atoms with Gasteiger partial charge in [0, 0.05) is 25.9 Å². The number of nitrogens with one attached hydrogen (secondary N) is 2. The van der Waals surface area contributed by atoms with Crippen LogP contribution in [-0.2, 0) is 12.7 Å². The topological polar surface area (TPSA) is 80.5 Å². The molecule has 0 bridgehead atoms. The van der Waals surface area contributed by atoms with Crippen molar-refractivity contribution in [1.82, 2.24) is 25.0 Å². The molecule has 2 heterocycles. The molecule has 2 aromatic rings. The lowest BCUT2D eigenvalue weighted by molar-refractivity contribution is -0.144. The largest absolute Gasteiger partial charge is 0.451 e. The first-order valence-corrected chi connectivity index (χ1v) is 5.71. The second kappa shape index (κ2) is 5.72. The molecule has 108 valence electrons. The fraction of sp³-hybridized carbons (Fsp3) is 0.400. The van der Waals surface area contributed by atoms with Gasteiger partial charge >= 0.3 is 6.18 Å². The minimum absolute atomic E-state index is 0.0931. The molecular weight excluding hydrogens is 275 g/mol. The van der Waals surface area contributed by atoms with Gasteiger partial charge in [0.2, 0.25) is 5.82 Å². The minimum Gasteiger partial charge on any atom is -0.373 e. The Morgan fingerprint density at radius 2 is 2.00 bits per heavy atom. The number of hydrogen-bond acceptors (Lipinski definition) is 6. The zero-order chi connectivity index (χ0) is 14.6. The van der Waals surface area contributed by atoms with Crippen molar-refractivity contribution in [2.75, 3.05) is 24.2 Å². The van der Waals surface area contributed by atoms with Crippen LogP contribution in [0.1, 0.15) is 5.82 Å². The molecule has 0 fully saturated rings. The molecule has 2 N–H and O–H groups in total. The lowest BCUT2D eigenvalue weighted by Crippen LogP contribution is -2.16. The molecule has 0 radical (unpaired) electrons. The van der Waals surface area contributed by atoms with Crippen molar-refractivity contribution in [3.63, 3.8) is 0 Å². The summed E-state index contributed by atoms with van der Waals surface area (Å²) in [4.78, 5) is 6.81. The Morgan fingerprint density at radius 1 is 1.25 bits per heavy atom. The summed E-state index contributed by atoms with van der Waals surface area (Å²) in [6, 6.07) is 1.40. The molecule has 0 amide bonds. The molecule has 0 saturated heterocycles. The molecule has 0 saturated carbocycles. The third-order valence-corrected chi connectivity index (χ3v) is 2.35.